The second-order valence-corrected chi connectivity index (χ2v) is 14.4. The SMILES string of the molecule is c1ccc(-c2nc(-c3ccccc3)nc(-c3ccc(-n4c5ccc6c7ccccc7oc6c5c5ccc6c(c7ccccc7n6-c6ccccc6)c54)cc3)n2)cc1. The normalized spacial score (nSPS) is 11.9. The summed E-state index contributed by atoms with van der Waals surface area (Å²) in [4.78, 5) is 14.9. The maximum atomic E-state index is 6.73. The summed E-state index contributed by atoms with van der Waals surface area (Å²) >= 11 is 0. The largest absolute Gasteiger partial charge is 0.455 e. The van der Waals surface area contributed by atoms with Gasteiger partial charge in [0.05, 0.1) is 27.5 Å². The van der Waals surface area contributed by atoms with Crippen molar-refractivity contribution in [3.05, 3.63) is 188 Å². The van der Waals surface area contributed by atoms with Crippen molar-refractivity contribution >= 4 is 65.6 Å². The van der Waals surface area contributed by atoms with E-state index in [1.54, 1.807) is 0 Å². The summed E-state index contributed by atoms with van der Waals surface area (Å²) in [5.74, 6) is 1.89. The predicted molar refractivity (Wildman–Crippen MR) is 232 cm³/mol. The van der Waals surface area contributed by atoms with E-state index in [1.165, 1.54) is 10.8 Å². The van der Waals surface area contributed by atoms with Gasteiger partial charge >= 0.3 is 0 Å². The molecule has 0 aliphatic carbocycles. The van der Waals surface area contributed by atoms with E-state index in [-0.39, 0.29) is 0 Å². The average molecular weight is 730 g/mol. The molecule has 0 saturated heterocycles. The second kappa shape index (κ2) is 12.3. The number of aromatic nitrogens is 5. The number of fused-ring (bicyclic) bond motifs is 11. The molecular weight excluding hydrogens is 699 g/mol. The molecule has 4 heterocycles. The van der Waals surface area contributed by atoms with Crippen molar-refractivity contribution in [3.63, 3.8) is 0 Å². The summed E-state index contributed by atoms with van der Waals surface area (Å²) in [6, 6.07) is 65.4. The first-order chi connectivity index (χ1) is 28.3. The van der Waals surface area contributed by atoms with Crippen LogP contribution in [0.5, 0.6) is 0 Å². The molecule has 266 valence electrons. The molecule has 0 aliphatic rings. The highest BCUT2D eigenvalue weighted by molar-refractivity contribution is 6.31. The van der Waals surface area contributed by atoms with Gasteiger partial charge in [0, 0.05) is 55.0 Å². The van der Waals surface area contributed by atoms with Crippen LogP contribution >= 0.6 is 0 Å². The second-order valence-electron chi connectivity index (χ2n) is 14.4. The van der Waals surface area contributed by atoms with Crippen molar-refractivity contribution in [3.8, 4) is 45.5 Å². The van der Waals surface area contributed by atoms with Crippen molar-refractivity contribution in [2.45, 2.75) is 0 Å². The van der Waals surface area contributed by atoms with Gasteiger partial charge in [0.1, 0.15) is 11.2 Å². The number of rotatable bonds is 5. The highest BCUT2D eigenvalue weighted by atomic mass is 16.3. The molecule has 0 atom stereocenters. The molecule has 0 N–H and O–H groups in total. The third-order valence-corrected chi connectivity index (χ3v) is 11.2. The zero-order chi connectivity index (χ0) is 37.5. The van der Waals surface area contributed by atoms with Crippen LogP contribution < -0.4 is 0 Å². The Hall–Kier alpha value is -7.83. The molecule has 0 aliphatic heterocycles. The highest BCUT2D eigenvalue weighted by Crippen LogP contribution is 2.45. The maximum Gasteiger partial charge on any atom is 0.164 e. The van der Waals surface area contributed by atoms with E-state index in [9.17, 15) is 0 Å². The van der Waals surface area contributed by atoms with Gasteiger partial charge in [-0.1, -0.05) is 115 Å². The molecule has 0 spiro atoms. The lowest BCUT2D eigenvalue weighted by molar-refractivity contribution is 0.673. The Morgan fingerprint density at radius 1 is 0.333 bits per heavy atom. The molecule has 12 aromatic rings. The Kier molecular flexibility index (Phi) is 6.83. The first-order valence-electron chi connectivity index (χ1n) is 19.1. The topological polar surface area (TPSA) is 61.7 Å². The van der Waals surface area contributed by atoms with Crippen molar-refractivity contribution in [2.24, 2.45) is 0 Å². The quantitative estimate of drug-likeness (QED) is 0.177. The van der Waals surface area contributed by atoms with Gasteiger partial charge in [-0.05, 0) is 72.8 Å². The Balaban J connectivity index is 1.13. The Morgan fingerprint density at radius 3 is 1.51 bits per heavy atom. The van der Waals surface area contributed by atoms with E-state index in [0.717, 1.165) is 82.8 Å². The number of hydrogen-bond acceptors (Lipinski definition) is 4. The zero-order valence-electron chi connectivity index (χ0n) is 30.5. The van der Waals surface area contributed by atoms with Gasteiger partial charge in [-0.25, -0.2) is 15.0 Å². The van der Waals surface area contributed by atoms with Crippen LogP contribution in [0.1, 0.15) is 0 Å². The summed E-state index contributed by atoms with van der Waals surface area (Å²) in [6.45, 7) is 0. The molecule has 0 radical (unpaired) electrons. The van der Waals surface area contributed by atoms with E-state index in [1.807, 2.05) is 66.7 Å². The van der Waals surface area contributed by atoms with Gasteiger partial charge in [-0.3, -0.25) is 0 Å². The lowest BCUT2D eigenvalue weighted by Crippen LogP contribution is -2.00. The van der Waals surface area contributed by atoms with E-state index in [0.29, 0.717) is 17.5 Å². The molecule has 0 amide bonds. The van der Waals surface area contributed by atoms with Gasteiger partial charge in [0.25, 0.3) is 0 Å². The fourth-order valence-electron chi connectivity index (χ4n) is 8.64. The van der Waals surface area contributed by atoms with Crippen LogP contribution in [0.15, 0.2) is 192 Å². The number of hydrogen-bond donors (Lipinski definition) is 0. The lowest BCUT2D eigenvalue weighted by atomic mass is 10.1. The Labute approximate surface area is 326 Å². The molecule has 0 fully saturated rings. The summed E-state index contributed by atoms with van der Waals surface area (Å²) in [5, 5.41) is 6.84. The molecular formula is C51H31N5O. The van der Waals surface area contributed by atoms with Crippen LogP contribution in [0.25, 0.3) is 111 Å². The zero-order valence-corrected chi connectivity index (χ0v) is 30.5. The van der Waals surface area contributed by atoms with Gasteiger partial charge in [0.15, 0.2) is 17.5 Å². The first kappa shape index (κ1) is 31.5. The van der Waals surface area contributed by atoms with E-state index in [4.69, 9.17) is 19.4 Å². The maximum absolute atomic E-state index is 6.73. The van der Waals surface area contributed by atoms with Crippen LogP contribution in [0.3, 0.4) is 0 Å². The minimum atomic E-state index is 0.619. The highest BCUT2D eigenvalue weighted by Gasteiger charge is 2.24. The van der Waals surface area contributed by atoms with Gasteiger partial charge < -0.3 is 13.6 Å². The van der Waals surface area contributed by atoms with E-state index in [2.05, 4.69) is 130 Å². The summed E-state index contributed by atoms with van der Waals surface area (Å²) in [7, 11) is 0. The van der Waals surface area contributed by atoms with Gasteiger partial charge in [-0.2, -0.15) is 0 Å². The molecule has 6 heteroatoms. The lowest BCUT2D eigenvalue weighted by Gasteiger charge is -2.12. The standard InChI is InChI=1S/C51H31N5O/c1-4-14-32(15-5-1)49-52-50(33-16-6-2-7-17-33)54-51(53-49)34-24-26-36(27-25-34)56-43-30-28-38-37-20-11-13-23-44(37)57-48(38)46(43)40-29-31-42-45(47(40)56)39-21-10-12-22-41(39)55(42)35-18-8-3-9-19-35/h1-31H. The molecule has 0 unspecified atom stereocenters. The minimum Gasteiger partial charge on any atom is -0.455 e. The summed E-state index contributed by atoms with van der Waals surface area (Å²) in [5.41, 5.74) is 11.2. The smallest absolute Gasteiger partial charge is 0.164 e. The summed E-state index contributed by atoms with van der Waals surface area (Å²) in [6.07, 6.45) is 0. The van der Waals surface area contributed by atoms with Crippen LogP contribution in [0.2, 0.25) is 0 Å². The molecule has 12 rings (SSSR count). The van der Waals surface area contributed by atoms with Gasteiger partial charge in [0.2, 0.25) is 0 Å². The fourth-order valence-corrected chi connectivity index (χ4v) is 8.64. The van der Waals surface area contributed by atoms with Crippen LogP contribution in [0.4, 0.5) is 0 Å². The van der Waals surface area contributed by atoms with Crippen molar-refractivity contribution in [1.29, 1.82) is 0 Å². The molecule has 6 nitrogen and oxygen atoms in total. The Morgan fingerprint density at radius 2 is 0.842 bits per heavy atom. The van der Waals surface area contributed by atoms with Crippen molar-refractivity contribution < 1.29 is 4.42 Å². The number of para-hydroxylation sites is 3. The monoisotopic (exact) mass is 729 g/mol. The molecule has 4 aromatic heterocycles. The van der Waals surface area contributed by atoms with Crippen LogP contribution in [-0.4, -0.2) is 24.1 Å². The van der Waals surface area contributed by atoms with Crippen LogP contribution in [0, 0.1) is 0 Å². The molecule has 57 heavy (non-hydrogen) atoms. The number of benzene rings is 8. The van der Waals surface area contributed by atoms with E-state index >= 15 is 0 Å². The average Bonchev–Trinajstić information content (AvgIpc) is 3.95. The third kappa shape index (κ3) is 4.81. The Bertz CT molecular complexity index is 3430. The van der Waals surface area contributed by atoms with Crippen molar-refractivity contribution in [1.82, 2.24) is 24.1 Å². The molecule has 8 aromatic carbocycles. The van der Waals surface area contributed by atoms with E-state index < -0.39 is 0 Å². The minimum absolute atomic E-state index is 0.619. The predicted octanol–water partition coefficient (Wildman–Crippen LogP) is 13.0. The molecule has 0 bridgehead atoms. The summed E-state index contributed by atoms with van der Waals surface area (Å²) < 4.78 is 11.5. The number of furan rings is 1. The molecule has 0 saturated carbocycles. The first-order valence-corrected chi connectivity index (χ1v) is 19.1. The fraction of sp³-hybridized carbons (Fsp3) is 0. The number of nitrogens with zero attached hydrogens (tertiary/aromatic N) is 5. The van der Waals surface area contributed by atoms with Crippen molar-refractivity contribution in [2.75, 3.05) is 0 Å². The van der Waals surface area contributed by atoms with Crippen LogP contribution in [-0.2, 0) is 0 Å². The third-order valence-electron chi connectivity index (χ3n) is 11.2. The van der Waals surface area contributed by atoms with Gasteiger partial charge in [-0.15, -0.1) is 0 Å².